The third-order valence-electron chi connectivity index (χ3n) is 6.13. The van der Waals surface area contributed by atoms with Crippen molar-refractivity contribution in [2.24, 2.45) is 0 Å². The maximum absolute atomic E-state index is 9.55. The molecule has 1 fully saturated rings. The molecule has 26 heavy (non-hydrogen) atoms. The van der Waals surface area contributed by atoms with Crippen LogP contribution in [0, 0.1) is 0 Å². The predicted octanol–water partition coefficient (Wildman–Crippen LogP) is 1.77. The summed E-state index contributed by atoms with van der Waals surface area (Å²) in [6, 6.07) is 1.20. The van der Waals surface area contributed by atoms with Gasteiger partial charge in [0.05, 0.1) is 25.3 Å². The molecular formula is C19H31Cl2N3O2. The van der Waals surface area contributed by atoms with E-state index in [2.05, 4.69) is 40.0 Å². The fraction of sp³-hybridized carbons (Fsp3) is 0.684. The number of allylic oxidation sites excluding steroid dienone is 2. The Hall–Kier alpha value is -0.560. The van der Waals surface area contributed by atoms with E-state index < -0.39 is 0 Å². The van der Waals surface area contributed by atoms with E-state index >= 15 is 0 Å². The molecule has 4 aliphatic rings. The standard InChI is InChI=1S/C19H29N3O2.2ClH/c1-14-13-22-16-5-3-2-4-15(16)12-17(22)19-18(14)20(8-10-23)6-7-21(19)9-11-24;;/h3,5,13,17-19,23-24H,2,4,6-12H2,1H3;2*1H/t17-,18?,19-;;/m0../s1. The molecule has 0 amide bonds. The molecule has 3 atom stereocenters. The molecule has 3 heterocycles. The topological polar surface area (TPSA) is 50.2 Å². The number of rotatable bonds is 4. The Bertz CT molecular complexity index is 593. The number of aliphatic hydroxyl groups excluding tert-OH is 2. The minimum Gasteiger partial charge on any atom is -0.395 e. The first-order chi connectivity index (χ1) is 11.7. The van der Waals surface area contributed by atoms with Crippen LogP contribution in [0.5, 0.6) is 0 Å². The smallest absolute Gasteiger partial charge is 0.0558 e. The SMILES string of the molecule is CC1=CN2C3=C(CCC=C3)C[C@H]2[C@H]2C1N(CCO)CCN2CCO.Cl.Cl. The Labute approximate surface area is 168 Å². The summed E-state index contributed by atoms with van der Waals surface area (Å²) in [6.07, 6.45) is 10.4. The van der Waals surface area contributed by atoms with E-state index in [1.807, 2.05) is 0 Å². The van der Waals surface area contributed by atoms with Gasteiger partial charge in [0.1, 0.15) is 0 Å². The number of hydrogen-bond acceptors (Lipinski definition) is 5. The van der Waals surface area contributed by atoms with Crippen LogP contribution in [0.4, 0.5) is 0 Å². The molecule has 7 heteroatoms. The van der Waals surface area contributed by atoms with Crippen molar-refractivity contribution in [3.05, 3.63) is 35.2 Å². The fourth-order valence-corrected chi connectivity index (χ4v) is 5.19. The molecule has 1 unspecified atom stereocenters. The monoisotopic (exact) mass is 403 g/mol. The van der Waals surface area contributed by atoms with Crippen molar-refractivity contribution in [1.82, 2.24) is 14.7 Å². The van der Waals surface area contributed by atoms with Crippen LogP contribution in [0.25, 0.3) is 0 Å². The molecule has 5 nitrogen and oxygen atoms in total. The van der Waals surface area contributed by atoms with Crippen LogP contribution in [-0.4, -0.2) is 82.4 Å². The summed E-state index contributed by atoms with van der Waals surface area (Å²) >= 11 is 0. The first-order valence-electron chi connectivity index (χ1n) is 9.29. The van der Waals surface area contributed by atoms with Gasteiger partial charge >= 0.3 is 0 Å². The number of halogens is 2. The van der Waals surface area contributed by atoms with Crippen molar-refractivity contribution < 1.29 is 10.2 Å². The maximum atomic E-state index is 9.55. The molecule has 2 N–H and O–H groups in total. The number of hydrogen-bond donors (Lipinski definition) is 2. The lowest BCUT2D eigenvalue weighted by atomic mass is 9.84. The molecule has 0 saturated carbocycles. The van der Waals surface area contributed by atoms with Crippen molar-refractivity contribution >= 4 is 24.8 Å². The summed E-state index contributed by atoms with van der Waals surface area (Å²) in [5.41, 5.74) is 4.38. The summed E-state index contributed by atoms with van der Waals surface area (Å²) in [5, 5.41) is 19.0. The second-order valence-electron chi connectivity index (χ2n) is 7.44. The molecule has 1 saturated heterocycles. The van der Waals surface area contributed by atoms with Gasteiger partial charge in [-0.25, -0.2) is 0 Å². The molecule has 0 spiro atoms. The number of piperazine rings is 1. The Morgan fingerprint density at radius 3 is 2.50 bits per heavy atom. The van der Waals surface area contributed by atoms with Crippen molar-refractivity contribution in [2.75, 3.05) is 39.4 Å². The first kappa shape index (κ1) is 21.7. The lowest BCUT2D eigenvalue weighted by Gasteiger charge is -2.54. The van der Waals surface area contributed by atoms with E-state index in [0.29, 0.717) is 18.1 Å². The van der Waals surface area contributed by atoms with E-state index in [1.54, 1.807) is 5.57 Å². The highest BCUT2D eigenvalue weighted by Crippen LogP contribution is 2.43. The maximum Gasteiger partial charge on any atom is 0.0558 e. The van der Waals surface area contributed by atoms with Crippen molar-refractivity contribution in [3.8, 4) is 0 Å². The van der Waals surface area contributed by atoms with Crippen LogP contribution >= 0.6 is 24.8 Å². The Kier molecular flexibility index (Phi) is 7.60. The Balaban J connectivity index is 0.00000121. The van der Waals surface area contributed by atoms with Crippen molar-refractivity contribution in [3.63, 3.8) is 0 Å². The molecule has 0 bridgehead atoms. The molecule has 4 rings (SSSR count). The molecule has 0 aromatic rings. The largest absolute Gasteiger partial charge is 0.395 e. The van der Waals surface area contributed by atoms with Crippen molar-refractivity contribution in [1.29, 1.82) is 0 Å². The number of β-amino-alcohol motifs (C(OH)–C–C–N with tert-alkyl or cyclic N) is 2. The van der Waals surface area contributed by atoms with Gasteiger partial charge in [-0.3, -0.25) is 9.80 Å². The zero-order chi connectivity index (χ0) is 16.7. The van der Waals surface area contributed by atoms with Crippen molar-refractivity contribution in [2.45, 2.75) is 44.3 Å². The zero-order valence-electron chi connectivity index (χ0n) is 15.4. The van der Waals surface area contributed by atoms with Gasteiger partial charge < -0.3 is 15.1 Å². The fourth-order valence-electron chi connectivity index (χ4n) is 5.19. The second-order valence-corrected chi connectivity index (χ2v) is 7.44. The van der Waals surface area contributed by atoms with Crippen LogP contribution in [-0.2, 0) is 0 Å². The lowest BCUT2D eigenvalue weighted by Crippen LogP contribution is -2.67. The first-order valence-corrected chi connectivity index (χ1v) is 9.29. The van der Waals surface area contributed by atoms with Gasteiger partial charge in [0.15, 0.2) is 0 Å². The van der Waals surface area contributed by atoms with Crippen LogP contribution < -0.4 is 0 Å². The van der Waals surface area contributed by atoms with E-state index in [9.17, 15) is 10.2 Å². The van der Waals surface area contributed by atoms with Gasteiger partial charge in [-0.15, -0.1) is 24.8 Å². The summed E-state index contributed by atoms with van der Waals surface area (Å²) < 4.78 is 0. The predicted molar refractivity (Wildman–Crippen MR) is 109 cm³/mol. The number of aliphatic hydroxyl groups is 2. The zero-order valence-corrected chi connectivity index (χ0v) is 17.0. The van der Waals surface area contributed by atoms with E-state index in [0.717, 1.165) is 39.0 Å². The highest BCUT2D eigenvalue weighted by Gasteiger charge is 2.48. The van der Waals surface area contributed by atoms with E-state index in [4.69, 9.17) is 0 Å². The van der Waals surface area contributed by atoms with Gasteiger partial charge in [-0.05, 0) is 43.4 Å². The van der Waals surface area contributed by atoms with Gasteiger partial charge in [-0.2, -0.15) is 0 Å². The molecule has 3 aliphatic heterocycles. The highest BCUT2D eigenvalue weighted by molar-refractivity contribution is 5.85. The average molecular weight is 404 g/mol. The lowest BCUT2D eigenvalue weighted by molar-refractivity contribution is -0.0175. The van der Waals surface area contributed by atoms with Crippen LogP contribution in [0.3, 0.4) is 0 Å². The summed E-state index contributed by atoms with van der Waals surface area (Å²) in [5.74, 6) is 0. The molecular weight excluding hydrogens is 373 g/mol. The highest BCUT2D eigenvalue weighted by atomic mass is 35.5. The minimum absolute atomic E-state index is 0. The van der Waals surface area contributed by atoms with Crippen LogP contribution in [0.2, 0.25) is 0 Å². The summed E-state index contributed by atoms with van der Waals surface area (Å²) in [7, 11) is 0. The number of nitrogens with zero attached hydrogens (tertiary/aromatic N) is 3. The number of fused-ring (bicyclic) bond motifs is 4. The second kappa shape index (κ2) is 9.09. The van der Waals surface area contributed by atoms with Crippen LogP contribution in [0.15, 0.2) is 35.2 Å². The third kappa shape index (κ3) is 3.58. The Morgan fingerprint density at radius 2 is 1.77 bits per heavy atom. The molecule has 0 aromatic carbocycles. The molecule has 1 aliphatic carbocycles. The van der Waals surface area contributed by atoms with Gasteiger partial charge in [0.2, 0.25) is 0 Å². The minimum atomic E-state index is 0. The average Bonchev–Trinajstić information content (AvgIpc) is 2.95. The third-order valence-corrected chi connectivity index (χ3v) is 6.13. The summed E-state index contributed by atoms with van der Waals surface area (Å²) in [4.78, 5) is 7.41. The molecule has 148 valence electrons. The van der Waals surface area contributed by atoms with E-state index in [-0.39, 0.29) is 38.0 Å². The Morgan fingerprint density at radius 1 is 1.08 bits per heavy atom. The van der Waals surface area contributed by atoms with Crippen LogP contribution in [0.1, 0.15) is 26.2 Å². The van der Waals surface area contributed by atoms with Gasteiger partial charge in [0.25, 0.3) is 0 Å². The van der Waals surface area contributed by atoms with Gasteiger partial charge in [-0.1, -0.05) is 6.08 Å². The van der Waals surface area contributed by atoms with E-state index in [1.165, 1.54) is 17.7 Å². The summed E-state index contributed by atoms with van der Waals surface area (Å²) in [6.45, 7) is 6.07. The normalized spacial score (nSPS) is 30.8. The molecule has 0 aromatic heterocycles. The quantitative estimate of drug-likeness (QED) is 0.748. The molecule has 0 radical (unpaired) electrons. The van der Waals surface area contributed by atoms with Gasteiger partial charge in [0, 0.05) is 44.1 Å².